The van der Waals surface area contributed by atoms with Gasteiger partial charge in [-0.2, -0.15) is 0 Å². The molecule has 1 aromatic heterocycles. The van der Waals surface area contributed by atoms with Gasteiger partial charge < -0.3 is 20.5 Å². The summed E-state index contributed by atoms with van der Waals surface area (Å²) < 4.78 is 5.89. The fourth-order valence-electron chi connectivity index (χ4n) is 3.01. The lowest BCUT2D eigenvalue weighted by molar-refractivity contribution is -0.129. The van der Waals surface area contributed by atoms with Crippen LogP contribution in [-0.4, -0.2) is 58.3 Å². The van der Waals surface area contributed by atoms with Crippen molar-refractivity contribution in [3.8, 4) is 0 Å². The molecular weight excluding hydrogens is 324 g/mol. The lowest BCUT2D eigenvalue weighted by atomic mass is 9.97. The third kappa shape index (κ3) is 4.96. The number of amides is 2. The van der Waals surface area contributed by atoms with E-state index in [-0.39, 0.29) is 42.2 Å². The first-order valence-corrected chi connectivity index (χ1v) is 8.78. The largest absolute Gasteiger partial charge is 0.394 e. The minimum absolute atomic E-state index is 0.0478. The minimum atomic E-state index is -0.392. The number of carbonyl (C=O) groups is 2. The minimum Gasteiger partial charge on any atom is -0.394 e. The zero-order valence-electron chi connectivity index (χ0n) is 14.1. The number of carbonyl (C=O) groups excluding carboxylic acids is 2. The fourth-order valence-corrected chi connectivity index (χ4v) is 3.01. The Kier molecular flexibility index (Phi) is 5.93. The van der Waals surface area contributed by atoms with E-state index in [2.05, 4.69) is 20.6 Å². The van der Waals surface area contributed by atoms with Crippen LogP contribution in [0.25, 0.3) is 0 Å². The Bertz CT molecular complexity index is 594. The Morgan fingerprint density at radius 3 is 2.76 bits per heavy atom. The molecule has 2 amide bonds. The van der Waals surface area contributed by atoms with Crippen molar-refractivity contribution in [3.05, 3.63) is 24.3 Å². The van der Waals surface area contributed by atoms with Crippen LogP contribution >= 0.6 is 0 Å². The maximum absolute atomic E-state index is 11.9. The van der Waals surface area contributed by atoms with Gasteiger partial charge in [0.1, 0.15) is 11.8 Å². The van der Waals surface area contributed by atoms with E-state index in [1.807, 2.05) is 0 Å². The highest BCUT2D eigenvalue weighted by Crippen LogP contribution is 2.30. The van der Waals surface area contributed by atoms with Crippen molar-refractivity contribution in [2.75, 3.05) is 13.2 Å². The molecule has 8 heteroatoms. The van der Waals surface area contributed by atoms with E-state index in [0.29, 0.717) is 13.0 Å². The van der Waals surface area contributed by atoms with Gasteiger partial charge in [0.2, 0.25) is 5.91 Å². The zero-order valence-corrected chi connectivity index (χ0v) is 14.1. The van der Waals surface area contributed by atoms with Crippen LogP contribution in [-0.2, 0) is 9.53 Å². The van der Waals surface area contributed by atoms with Crippen LogP contribution in [0.4, 0.5) is 0 Å². The summed E-state index contributed by atoms with van der Waals surface area (Å²) in [5.41, 5.74) is 0.281. The molecule has 2 fully saturated rings. The van der Waals surface area contributed by atoms with Crippen molar-refractivity contribution >= 4 is 11.8 Å². The second kappa shape index (κ2) is 8.35. The standard InChI is InChI=1S/C17H24N4O4/c22-10-15-13(21-16(23)11-1-2-11)4-3-12(25-15)5-6-20-17(24)14-9-18-7-8-19-14/h7-9,11-13,15,22H,1-6,10H2,(H,20,24)(H,21,23)/t12-,13-,15-/m0/s1. The molecule has 8 nitrogen and oxygen atoms in total. The van der Waals surface area contributed by atoms with E-state index >= 15 is 0 Å². The number of aliphatic hydroxyl groups is 1. The molecule has 1 saturated heterocycles. The zero-order chi connectivity index (χ0) is 17.6. The van der Waals surface area contributed by atoms with Crippen LogP contribution in [0, 0.1) is 5.92 Å². The van der Waals surface area contributed by atoms with Crippen LogP contribution in [0.2, 0.25) is 0 Å². The Labute approximate surface area is 146 Å². The molecule has 1 saturated carbocycles. The Morgan fingerprint density at radius 1 is 1.24 bits per heavy atom. The smallest absolute Gasteiger partial charge is 0.271 e. The summed E-state index contributed by atoms with van der Waals surface area (Å²) in [7, 11) is 0. The molecule has 3 atom stereocenters. The van der Waals surface area contributed by atoms with Crippen LogP contribution in [0.15, 0.2) is 18.6 Å². The first-order valence-electron chi connectivity index (χ1n) is 8.78. The van der Waals surface area contributed by atoms with Crippen molar-refractivity contribution in [1.82, 2.24) is 20.6 Å². The normalized spacial score (nSPS) is 26.0. The Balaban J connectivity index is 1.40. The van der Waals surface area contributed by atoms with Crippen molar-refractivity contribution in [2.45, 2.75) is 50.4 Å². The molecule has 1 aliphatic heterocycles. The molecule has 1 aliphatic carbocycles. The maximum atomic E-state index is 11.9. The molecule has 1 aromatic rings. The number of hydrogen-bond acceptors (Lipinski definition) is 6. The van der Waals surface area contributed by atoms with E-state index < -0.39 is 6.10 Å². The summed E-state index contributed by atoms with van der Waals surface area (Å²) in [5.74, 6) is -0.0488. The molecule has 0 bridgehead atoms. The average Bonchev–Trinajstić information content (AvgIpc) is 3.48. The fraction of sp³-hybridized carbons (Fsp3) is 0.647. The summed E-state index contributed by atoms with van der Waals surface area (Å²) >= 11 is 0. The van der Waals surface area contributed by atoms with Crippen LogP contribution < -0.4 is 10.6 Å². The molecule has 0 unspecified atom stereocenters. The molecule has 136 valence electrons. The molecule has 0 spiro atoms. The SMILES string of the molecule is O=C(NCC[C@@H]1CC[C@H](NC(=O)C2CC2)[C@H](CO)O1)c1cnccn1. The van der Waals surface area contributed by atoms with Crippen LogP contribution in [0.1, 0.15) is 42.6 Å². The molecule has 2 heterocycles. The monoisotopic (exact) mass is 348 g/mol. The number of aromatic nitrogens is 2. The van der Waals surface area contributed by atoms with E-state index in [9.17, 15) is 14.7 Å². The second-order valence-electron chi connectivity index (χ2n) is 6.58. The van der Waals surface area contributed by atoms with E-state index in [0.717, 1.165) is 25.7 Å². The lowest BCUT2D eigenvalue weighted by Gasteiger charge is -2.36. The highest BCUT2D eigenvalue weighted by atomic mass is 16.5. The van der Waals surface area contributed by atoms with Gasteiger partial charge in [0, 0.05) is 24.9 Å². The second-order valence-corrected chi connectivity index (χ2v) is 6.58. The predicted octanol–water partition coefficient (Wildman–Crippen LogP) is 0.0312. The van der Waals surface area contributed by atoms with Crippen molar-refractivity contribution in [1.29, 1.82) is 0 Å². The number of ether oxygens (including phenoxy) is 1. The summed E-state index contributed by atoms with van der Waals surface area (Å²) in [5, 5.41) is 15.3. The van der Waals surface area contributed by atoms with Crippen molar-refractivity contribution in [2.24, 2.45) is 5.92 Å². The average molecular weight is 348 g/mol. The van der Waals surface area contributed by atoms with Gasteiger partial charge in [-0.15, -0.1) is 0 Å². The number of nitrogens with one attached hydrogen (secondary N) is 2. The molecule has 2 aliphatic rings. The molecule has 25 heavy (non-hydrogen) atoms. The van der Waals surface area contributed by atoms with Gasteiger partial charge in [-0.05, 0) is 32.1 Å². The van der Waals surface area contributed by atoms with E-state index in [4.69, 9.17) is 4.74 Å². The third-order valence-corrected chi connectivity index (χ3v) is 4.62. The van der Waals surface area contributed by atoms with Crippen molar-refractivity contribution in [3.63, 3.8) is 0 Å². The first-order chi connectivity index (χ1) is 12.2. The van der Waals surface area contributed by atoms with Gasteiger partial charge in [-0.25, -0.2) is 4.98 Å². The molecule has 0 aromatic carbocycles. The maximum Gasteiger partial charge on any atom is 0.271 e. The molecule has 3 rings (SSSR count). The number of hydrogen-bond donors (Lipinski definition) is 3. The first kappa shape index (κ1) is 17.8. The van der Waals surface area contributed by atoms with E-state index in [1.165, 1.54) is 18.6 Å². The lowest BCUT2D eigenvalue weighted by Crippen LogP contribution is -2.51. The van der Waals surface area contributed by atoms with E-state index in [1.54, 1.807) is 0 Å². The summed E-state index contributed by atoms with van der Waals surface area (Å²) in [6, 6.07) is -0.136. The molecule has 3 N–H and O–H groups in total. The Morgan fingerprint density at radius 2 is 2.08 bits per heavy atom. The third-order valence-electron chi connectivity index (χ3n) is 4.62. The highest BCUT2D eigenvalue weighted by Gasteiger charge is 2.36. The van der Waals surface area contributed by atoms with Gasteiger partial charge in [-0.3, -0.25) is 14.6 Å². The Hall–Kier alpha value is -2.06. The molecular formula is C17H24N4O4. The predicted molar refractivity (Wildman–Crippen MR) is 88.6 cm³/mol. The van der Waals surface area contributed by atoms with Crippen molar-refractivity contribution < 1.29 is 19.4 Å². The number of rotatable bonds is 7. The number of aliphatic hydroxyl groups excluding tert-OH is 1. The summed E-state index contributed by atoms with van der Waals surface area (Å²) in [4.78, 5) is 31.6. The quantitative estimate of drug-likeness (QED) is 0.641. The van der Waals surface area contributed by atoms with Gasteiger partial charge >= 0.3 is 0 Å². The number of nitrogens with zero attached hydrogens (tertiary/aromatic N) is 2. The highest BCUT2D eigenvalue weighted by molar-refractivity contribution is 5.91. The van der Waals surface area contributed by atoms with Crippen LogP contribution in [0.5, 0.6) is 0 Å². The van der Waals surface area contributed by atoms with Gasteiger partial charge in [0.05, 0.1) is 24.9 Å². The van der Waals surface area contributed by atoms with Gasteiger partial charge in [0.25, 0.3) is 5.91 Å². The topological polar surface area (TPSA) is 113 Å². The van der Waals surface area contributed by atoms with Gasteiger partial charge in [0.15, 0.2) is 0 Å². The molecule has 0 radical (unpaired) electrons. The summed E-state index contributed by atoms with van der Waals surface area (Å²) in [6.07, 6.45) is 8.08. The van der Waals surface area contributed by atoms with Gasteiger partial charge in [-0.1, -0.05) is 0 Å². The van der Waals surface area contributed by atoms with Crippen LogP contribution in [0.3, 0.4) is 0 Å². The summed E-state index contributed by atoms with van der Waals surface area (Å²) in [6.45, 7) is 0.329.